The smallest absolute Gasteiger partial charge is 0.256 e. The predicted molar refractivity (Wildman–Crippen MR) is 58.7 cm³/mol. The van der Waals surface area contributed by atoms with Crippen LogP contribution in [0, 0.1) is 0 Å². The second-order valence-electron chi connectivity index (χ2n) is 3.53. The molecule has 1 unspecified atom stereocenters. The molecule has 1 saturated heterocycles. The van der Waals surface area contributed by atoms with Crippen molar-refractivity contribution in [2.45, 2.75) is 6.10 Å². The van der Waals surface area contributed by atoms with Crippen LogP contribution in [0.2, 0.25) is 0 Å². The van der Waals surface area contributed by atoms with E-state index in [0.717, 1.165) is 13.1 Å². The second kappa shape index (κ2) is 4.74. The van der Waals surface area contributed by atoms with Crippen molar-refractivity contribution in [2.75, 3.05) is 26.2 Å². The molecule has 4 nitrogen and oxygen atoms in total. The molecule has 5 heteroatoms. The zero-order valence-corrected chi connectivity index (χ0v) is 9.17. The fraction of sp³-hybridized carbons (Fsp3) is 0.500. The first kappa shape index (κ1) is 10.6. The number of aliphatic hydroxyl groups excluding tert-OH is 1. The quantitative estimate of drug-likeness (QED) is 0.758. The molecule has 1 aromatic rings. The van der Waals surface area contributed by atoms with E-state index in [-0.39, 0.29) is 5.91 Å². The Labute approximate surface area is 92.5 Å². The molecule has 1 aromatic heterocycles. The minimum atomic E-state index is -0.991. The van der Waals surface area contributed by atoms with Crippen LogP contribution in [0.3, 0.4) is 0 Å². The van der Waals surface area contributed by atoms with Crippen molar-refractivity contribution in [3.8, 4) is 0 Å². The van der Waals surface area contributed by atoms with Crippen LogP contribution in [0.5, 0.6) is 0 Å². The minimum absolute atomic E-state index is 0.185. The van der Waals surface area contributed by atoms with Crippen molar-refractivity contribution in [1.82, 2.24) is 10.2 Å². The van der Waals surface area contributed by atoms with Gasteiger partial charge in [0.2, 0.25) is 0 Å². The van der Waals surface area contributed by atoms with Gasteiger partial charge in [-0.15, -0.1) is 0 Å². The number of nitrogens with zero attached hydrogens (tertiary/aromatic N) is 1. The molecule has 0 aliphatic carbocycles. The lowest BCUT2D eigenvalue weighted by atomic mass is 10.1. The highest BCUT2D eigenvalue weighted by Gasteiger charge is 2.24. The highest BCUT2D eigenvalue weighted by molar-refractivity contribution is 7.08. The first-order chi connectivity index (χ1) is 7.29. The Morgan fingerprint density at radius 1 is 1.53 bits per heavy atom. The van der Waals surface area contributed by atoms with E-state index in [1.807, 2.05) is 10.8 Å². The van der Waals surface area contributed by atoms with Gasteiger partial charge in [0.15, 0.2) is 6.10 Å². The maximum absolute atomic E-state index is 11.8. The zero-order valence-electron chi connectivity index (χ0n) is 8.35. The SMILES string of the molecule is O=C(C(O)c1ccsc1)N1CCNCC1. The van der Waals surface area contributed by atoms with Gasteiger partial charge in [0, 0.05) is 31.7 Å². The van der Waals surface area contributed by atoms with Crippen molar-refractivity contribution in [2.24, 2.45) is 0 Å². The number of thiophene rings is 1. The lowest BCUT2D eigenvalue weighted by Crippen LogP contribution is -2.48. The maximum atomic E-state index is 11.8. The molecule has 1 atom stereocenters. The summed E-state index contributed by atoms with van der Waals surface area (Å²) in [4.78, 5) is 13.6. The molecule has 0 saturated carbocycles. The molecule has 2 heterocycles. The van der Waals surface area contributed by atoms with Crippen molar-refractivity contribution >= 4 is 17.2 Å². The Bertz CT molecular complexity index is 320. The van der Waals surface area contributed by atoms with Crippen molar-refractivity contribution in [3.63, 3.8) is 0 Å². The standard InChI is InChI=1S/C10H14N2O2S/c13-9(8-1-6-15-7-8)10(14)12-4-2-11-3-5-12/h1,6-7,9,11,13H,2-5H2. The van der Waals surface area contributed by atoms with Crippen molar-refractivity contribution in [3.05, 3.63) is 22.4 Å². The third kappa shape index (κ3) is 2.37. The summed E-state index contributed by atoms with van der Waals surface area (Å²) in [5.41, 5.74) is 0.698. The number of aliphatic hydroxyl groups is 1. The fourth-order valence-corrected chi connectivity index (χ4v) is 2.31. The molecule has 0 bridgehead atoms. The number of rotatable bonds is 2. The molecular weight excluding hydrogens is 212 g/mol. The van der Waals surface area contributed by atoms with E-state index >= 15 is 0 Å². The Kier molecular flexibility index (Phi) is 3.35. The normalized spacial score (nSPS) is 18.9. The Morgan fingerprint density at radius 2 is 2.27 bits per heavy atom. The molecule has 15 heavy (non-hydrogen) atoms. The third-order valence-electron chi connectivity index (χ3n) is 2.52. The maximum Gasteiger partial charge on any atom is 0.256 e. The Hall–Kier alpha value is -0.910. The van der Waals surface area contributed by atoms with Crippen LogP contribution >= 0.6 is 11.3 Å². The van der Waals surface area contributed by atoms with E-state index in [1.165, 1.54) is 11.3 Å². The molecule has 2 rings (SSSR count). The van der Waals surface area contributed by atoms with Gasteiger partial charge in [-0.1, -0.05) is 0 Å². The number of piperazine rings is 1. The van der Waals surface area contributed by atoms with Crippen molar-refractivity contribution in [1.29, 1.82) is 0 Å². The number of hydrogen-bond donors (Lipinski definition) is 2. The molecule has 1 aliphatic rings. The topological polar surface area (TPSA) is 52.6 Å². The third-order valence-corrected chi connectivity index (χ3v) is 3.22. The van der Waals surface area contributed by atoms with Crippen LogP contribution in [-0.2, 0) is 4.79 Å². The van der Waals surface area contributed by atoms with Gasteiger partial charge in [0.05, 0.1) is 0 Å². The van der Waals surface area contributed by atoms with E-state index < -0.39 is 6.10 Å². The number of amides is 1. The first-order valence-electron chi connectivity index (χ1n) is 4.98. The predicted octanol–water partition coefficient (Wildman–Crippen LogP) is 0.213. The largest absolute Gasteiger partial charge is 0.378 e. The van der Waals surface area contributed by atoms with Gasteiger partial charge in [0.25, 0.3) is 5.91 Å². The minimum Gasteiger partial charge on any atom is -0.378 e. The summed E-state index contributed by atoms with van der Waals surface area (Å²) in [6.07, 6.45) is -0.991. The highest BCUT2D eigenvalue weighted by atomic mass is 32.1. The van der Waals surface area contributed by atoms with Crippen LogP contribution < -0.4 is 5.32 Å². The average Bonchev–Trinajstić information content (AvgIpc) is 2.82. The van der Waals surface area contributed by atoms with Gasteiger partial charge in [-0.25, -0.2) is 0 Å². The molecule has 0 spiro atoms. The molecule has 1 fully saturated rings. The summed E-state index contributed by atoms with van der Waals surface area (Å²) in [7, 11) is 0. The van der Waals surface area contributed by atoms with Gasteiger partial charge >= 0.3 is 0 Å². The van der Waals surface area contributed by atoms with Crippen LogP contribution in [0.25, 0.3) is 0 Å². The summed E-state index contributed by atoms with van der Waals surface area (Å²) in [5, 5.41) is 16.7. The molecule has 0 aromatic carbocycles. The van der Waals surface area contributed by atoms with Gasteiger partial charge in [0.1, 0.15) is 0 Å². The monoisotopic (exact) mass is 226 g/mol. The van der Waals surface area contributed by atoms with E-state index in [0.29, 0.717) is 18.7 Å². The highest BCUT2D eigenvalue weighted by Crippen LogP contribution is 2.18. The summed E-state index contributed by atoms with van der Waals surface area (Å²) in [5.74, 6) is -0.185. The first-order valence-corrected chi connectivity index (χ1v) is 5.93. The number of nitrogens with one attached hydrogen (secondary N) is 1. The molecule has 1 aliphatic heterocycles. The summed E-state index contributed by atoms with van der Waals surface area (Å²) in [6.45, 7) is 2.98. The molecule has 1 amide bonds. The van der Waals surface area contributed by atoms with E-state index in [1.54, 1.807) is 11.0 Å². The lowest BCUT2D eigenvalue weighted by Gasteiger charge is -2.29. The summed E-state index contributed by atoms with van der Waals surface area (Å²) < 4.78 is 0. The lowest BCUT2D eigenvalue weighted by molar-refractivity contribution is -0.141. The average molecular weight is 226 g/mol. The van der Waals surface area contributed by atoms with E-state index in [4.69, 9.17) is 0 Å². The van der Waals surface area contributed by atoms with Crippen LogP contribution in [0.4, 0.5) is 0 Å². The van der Waals surface area contributed by atoms with E-state index in [9.17, 15) is 9.90 Å². The molecule has 82 valence electrons. The van der Waals surface area contributed by atoms with Crippen LogP contribution in [0.1, 0.15) is 11.7 Å². The van der Waals surface area contributed by atoms with Gasteiger partial charge in [-0.3, -0.25) is 4.79 Å². The molecular formula is C10H14N2O2S. The second-order valence-corrected chi connectivity index (χ2v) is 4.31. The van der Waals surface area contributed by atoms with E-state index in [2.05, 4.69) is 5.32 Å². The van der Waals surface area contributed by atoms with Gasteiger partial charge in [-0.05, 0) is 16.8 Å². The van der Waals surface area contributed by atoms with Gasteiger partial charge < -0.3 is 15.3 Å². The zero-order chi connectivity index (χ0) is 10.7. The summed E-state index contributed by atoms with van der Waals surface area (Å²) in [6, 6.07) is 1.79. The Balaban J connectivity index is 2.00. The molecule has 2 N–H and O–H groups in total. The number of carbonyl (C=O) groups excluding carboxylic acids is 1. The molecule has 0 radical (unpaired) electrons. The number of carbonyl (C=O) groups is 1. The fourth-order valence-electron chi connectivity index (χ4n) is 1.63. The van der Waals surface area contributed by atoms with Crippen molar-refractivity contribution < 1.29 is 9.90 Å². The van der Waals surface area contributed by atoms with Gasteiger partial charge in [-0.2, -0.15) is 11.3 Å². The van der Waals surface area contributed by atoms with Crippen LogP contribution in [-0.4, -0.2) is 42.1 Å². The van der Waals surface area contributed by atoms with Crippen LogP contribution in [0.15, 0.2) is 16.8 Å². The number of hydrogen-bond acceptors (Lipinski definition) is 4. The Morgan fingerprint density at radius 3 is 2.87 bits per heavy atom. The summed E-state index contributed by atoms with van der Waals surface area (Å²) >= 11 is 1.49.